The van der Waals surface area contributed by atoms with Gasteiger partial charge in [0.2, 0.25) is 0 Å². The van der Waals surface area contributed by atoms with Crippen molar-refractivity contribution in [2.24, 2.45) is 5.73 Å². The van der Waals surface area contributed by atoms with E-state index in [1.807, 2.05) is 49.4 Å². The predicted molar refractivity (Wildman–Crippen MR) is 110 cm³/mol. The Morgan fingerprint density at radius 2 is 1.96 bits per heavy atom. The zero-order valence-electron chi connectivity index (χ0n) is 15.6. The van der Waals surface area contributed by atoms with Crippen molar-refractivity contribution in [2.45, 2.75) is 19.8 Å². The van der Waals surface area contributed by atoms with Gasteiger partial charge >= 0.3 is 0 Å². The van der Waals surface area contributed by atoms with Crippen molar-refractivity contribution >= 4 is 17.4 Å². The van der Waals surface area contributed by atoms with Crippen LogP contribution in [-0.4, -0.2) is 18.3 Å². The molecule has 0 radical (unpaired) electrons. The molecular formula is C22H25N3O2. The van der Waals surface area contributed by atoms with E-state index in [9.17, 15) is 4.79 Å². The van der Waals surface area contributed by atoms with Gasteiger partial charge in [0.1, 0.15) is 11.6 Å². The maximum Gasteiger partial charge on any atom is 0.262 e. The topological polar surface area (TPSA) is 88.2 Å². The number of carbonyl (C=O) groups is 1. The van der Waals surface area contributed by atoms with Crippen LogP contribution in [0.15, 0.2) is 72.8 Å². The van der Waals surface area contributed by atoms with E-state index in [0.717, 1.165) is 5.69 Å². The van der Waals surface area contributed by atoms with E-state index in [1.54, 1.807) is 24.3 Å². The number of rotatable bonds is 8. The number of anilines is 1. The number of benzene rings is 2. The second kappa shape index (κ2) is 9.97. The number of ether oxygens (including phenoxy) is 1. The van der Waals surface area contributed by atoms with E-state index >= 15 is 0 Å². The summed E-state index contributed by atoms with van der Waals surface area (Å²) in [5.74, 6) is 0.495. The molecule has 0 aliphatic heterocycles. The van der Waals surface area contributed by atoms with Gasteiger partial charge < -0.3 is 15.8 Å². The van der Waals surface area contributed by atoms with Crippen molar-refractivity contribution in [2.75, 3.05) is 11.9 Å². The second-order valence-corrected chi connectivity index (χ2v) is 6.10. The Morgan fingerprint density at radius 3 is 2.63 bits per heavy atom. The van der Waals surface area contributed by atoms with Gasteiger partial charge in [0.15, 0.2) is 6.61 Å². The van der Waals surface area contributed by atoms with Crippen LogP contribution in [0.2, 0.25) is 0 Å². The van der Waals surface area contributed by atoms with Crippen molar-refractivity contribution in [1.82, 2.24) is 0 Å². The van der Waals surface area contributed by atoms with E-state index in [2.05, 4.69) is 18.3 Å². The molecule has 4 N–H and O–H groups in total. The Morgan fingerprint density at radius 1 is 1.22 bits per heavy atom. The number of nitrogen functional groups attached to an aromatic ring is 1. The average molecular weight is 363 g/mol. The SMILES string of the molecule is C/C=C\C=C/C(C)c1ccc(NC(=O)COc2cccc(C(=N)N)c2)cc1. The van der Waals surface area contributed by atoms with Crippen LogP contribution in [0.4, 0.5) is 5.69 Å². The molecule has 0 aliphatic rings. The number of nitrogens with one attached hydrogen (secondary N) is 2. The smallest absolute Gasteiger partial charge is 0.262 e. The van der Waals surface area contributed by atoms with Crippen molar-refractivity contribution in [3.63, 3.8) is 0 Å². The highest BCUT2D eigenvalue weighted by molar-refractivity contribution is 5.95. The number of carbonyl (C=O) groups excluding carboxylic acids is 1. The fourth-order valence-electron chi connectivity index (χ4n) is 2.42. The Balaban J connectivity index is 1.88. The standard InChI is InChI=1S/C22H25N3O2/c1-3-4-5-7-16(2)17-10-12-19(13-11-17)25-21(26)15-27-20-9-6-8-18(14-20)22(23)24/h3-14,16H,15H2,1-2H3,(H3,23,24)(H,25,26)/b4-3-,7-5-. The zero-order chi connectivity index (χ0) is 19.6. The summed E-state index contributed by atoms with van der Waals surface area (Å²) in [6.45, 7) is 3.98. The molecule has 0 saturated heterocycles. The molecule has 0 saturated carbocycles. The van der Waals surface area contributed by atoms with Gasteiger partial charge in [-0.1, -0.05) is 55.5 Å². The summed E-state index contributed by atoms with van der Waals surface area (Å²) < 4.78 is 5.47. The molecule has 5 nitrogen and oxygen atoms in total. The third kappa shape index (κ3) is 6.47. The highest BCUT2D eigenvalue weighted by Crippen LogP contribution is 2.19. The molecule has 0 heterocycles. The average Bonchev–Trinajstić information content (AvgIpc) is 2.67. The molecule has 0 aromatic heterocycles. The first-order chi connectivity index (χ1) is 13.0. The van der Waals surface area contributed by atoms with Crippen LogP contribution in [0.5, 0.6) is 5.75 Å². The largest absolute Gasteiger partial charge is 0.484 e. The highest BCUT2D eigenvalue weighted by Gasteiger charge is 2.06. The van der Waals surface area contributed by atoms with Crippen LogP contribution < -0.4 is 15.8 Å². The van der Waals surface area contributed by atoms with E-state index in [4.69, 9.17) is 15.9 Å². The maximum atomic E-state index is 12.1. The van der Waals surface area contributed by atoms with Crippen molar-refractivity contribution in [3.05, 3.63) is 84.0 Å². The highest BCUT2D eigenvalue weighted by atomic mass is 16.5. The van der Waals surface area contributed by atoms with Crippen LogP contribution in [0.1, 0.15) is 30.9 Å². The summed E-state index contributed by atoms with van der Waals surface area (Å²) in [6, 6.07) is 14.5. The lowest BCUT2D eigenvalue weighted by Crippen LogP contribution is -2.20. The summed E-state index contributed by atoms with van der Waals surface area (Å²) in [4.78, 5) is 12.1. The van der Waals surface area contributed by atoms with Gasteiger partial charge in [0, 0.05) is 11.3 Å². The van der Waals surface area contributed by atoms with Gasteiger partial charge in [-0.2, -0.15) is 0 Å². The third-order valence-electron chi connectivity index (χ3n) is 3.94. The van der Waals surface area contributed by atoms with Crippen LogP contribution in [-0.2, 0) is 4.79 Å². The van der Waals surface area contributed by atoms with Crippen molar-refractivity contribution < 1.29 is 9.53 Å². The molecule has 1 atom stereocenters. The Labute approximate surface area is 160 Å². The van der Waals surface area contributed by atoms with Gasteiger partial charge in [0.05, 0.1) is 0 Å². The molecule has 27 heavy (non-hydrogen) atoms. The second-order valence-electron chi connectivity index (χ2n) is 6.10. The number of hydrogen-bond acceptors (Lipinski definition) is 3. The van der Waals surface area contributed by atoms with Crippen LogP contribution in [0, 0.1) is 5.41 Å². The zero-order valence-corrected chi connectivity index (χ0v) is 15.6. The predicted octanol–water partition coefficient (Wildman–Crippen LogP) is 4.22. The molecule has 5 heteroatoms. The third-order valence-corrected chi connectivity index (χ3v) is 3.94. The van der Waals surface area contributed by atoms with Gasteiger partial charge in [-0.05, 0) is 42.7 Å². The first-order valence-electron chi connectivity index (χ1n) is 8.76. The molecule has 1 unspecified atom stereocenters. The molecule has 0 spiro atoms. The Kier molecular flexibility index (Phi) is 7.37. The molecule has 1 amide bonds. The molecule has 0 fully saturated rings. The lowest BCUT2D eigenvalue weighted by molar-refractivity contribution is -0.118. The molecule has 2 aromatic carbocycles. The van der Waals surface area contributed by atoms with Crippen molar-refractivity contribution in [3.8, 4) is 5.75 Å². The minimum atomic E-state index is -0.253. The monoisotopic (exact) mass is 363 g/mol. The molecule has 0 aliphatic carbocycles. The summed E-state index contributed by atoms with van der Waals surface area (Å²) in [6.07, 6.45) is 8.13. The fourth-order valence-corrected chi connectivity index (χ4v) is 2.42. The molecule has 140 valence electrons. The molecular weight excluding hydrogens is 338 g/mol. The van der Waals surface area contributed by atoms with Gasteiger partial charge in [-0.25, -0.2) is 0 Å². The fraction of sp³-hybridized carbons (Fsp3) is 0.182. The van der Waals surface area contributed by atoms with E-state index < -0.39 is 0 Å². The molecule has 2 aromatic rings. The minimum Gasteiger partial charge on any atom is -0.484 e. The van der Waals surface area contributed by atoms with E-state index in [1.165, 1.54) is 5.56 Å². The summed E-state index contributed by atoms with van der Waals surface area (Å²) in [5.41, 5.74) is 7.89. The first kappa shape index (κ1) is 20.0. The summed E-state index contributed by atoms with van der Waals surface area (Å²) >= 11 is 0. The summed E-state index contributed by atoms with van der Waals surface area (Å²) in [5, 5.41) is 10.2. The van der Waals surface area contributed by atoms with Crippen LogP contribution in [0.3, 0.4) is 0 Å². The summed E-state index contributed by atoms with van der Waals surface area (Å²) in [7, 11) is 0. The molecule has 0 bridgehead atoms. The lowest BCUT2D eigenvalue weighted by atomic mass is 10.0. The first-order valence-corrected chi connectivity index (χ1v) is 8.76. The maximum absolute atomic E-state index is 12.1. The Bertz CT molecular complexity index is 839. The number of allylic oxidation sites excluding steroid dienone is 4. The lowest BCUT2D eigenvalue weighted by Gasteiger charge is -2.10. The minimum absolute atomic E-state index is 0.0419. The van der Waals surface area contributed by atoms with E-state index in [-0.39, 0.29) is 18.3 Å². The number of amides is 1. The van der Waals surface area contributed by atoms with E-state index in [0.29, 0.717) is 17.2 Å². The van der Waals surface area contributed by atoms with Crippen LogP contribution >= 0.6 is 0 Å². The molecule has 2 rings (SSSR count). The Hall–Kier alpha value is -3.34. The van der Waals surface area contributed by atoms with Gasteiger partial charge in [-0.3, -0.25) is 10.2 Å². The number of amidine groups is 1. The number of nitrogens with two attached hydrogens (primary N) is 1. The van der Waals surface area contributed by atoms with Gasteiger partial charge in [-0.15, -0.1) is 0 Å². The normalized spacial score (nSPS) is 12.2. The van der Waals surface area contributed by atoms with Gasteiger partial charge in [0.25, 0.3) is 5.91 Å². The number of hydrogen-bond donors (Lipinski definition) is 3. The quantitative estimate of drug-likeness (QED) is 0.373. The van der Waals surface area contributed by atoms with Crippen molar-refractivity contribution in [1.29, 1.82) is 5.41 Å². The van der Waals surface area contributed by atoms with Crippen LogP contribution in [0.25, 0.3) is 0 Å².